The van der Waals surface area contributed by atoms with Crippen LogP contribution in [0.1, 0.15) is 12.0 Å². The van der Waals surface area contributed by atoms with Crippen LogP contribution in [0.2, 0.25) is 0 Å². The van der Waals surface area contributed by atoms with E-state index in [-0.39, 0.29) is 0 Å². The second-order valence-corrected chi connectivity index (χ2v) is 8.54. The molecule has 4 rings (SSSR count). The fourth-order valence-corrected chi connectivity index (χ4v) is 5.32. The number of nitrogens with one attached hydrogen (secondary N) is 1. The standard InChI is InChI=1S/C23H26N3OP/c27-28-25(18-20-10-4-1-5-11-20)23(16-17-24-21-12-6-2-7-13-21)19-26(28)22-14-8-3-9-15-22/h1-15,23-24,27H,16-19H2/t23?,28-/m1/s1. The van der Waals surface area contributed by atoms with Crippen molar-refractivity contribution in [2.24, 2.45) is 0 Å². The molecule has 144 valence electrons. The van der Waals surface area contributed by atoms with Gasteiger partial charge in [-0.1, -0.05) is 66.7 Å². The molecule has 1 aliphatic rings. The number of hydrogen-bond donors (Lipinski definition) is 2. The second-order valence-electron chi connectivity index (χ2n) is 7.00. The van der Waals surface area contributed by atoms with Gasteiger partial charge in [-0.2, -0.15) is 0 Å². The smallest absolute Gasteiger partial charge is 0.215 e. The van der Waals surface area contributed by atoms with E-state index in [1.807, 2.05) is 42.5 Å². The topological polar surface area (TPSA) is 38.7 Å². The van der Waals surface area contributed by atoms with Crippen LogP contribution in [0.25, 0.3) is 0 Å². The third-order valence-electron chi connectivity index (χ3n) is 5.07. The molecule has 1 aliphatic heterocycles. The molecule has 0 radical (unpaired) electrons. The molecule has 3 aromatic rings. The Morgan fingerprint density at radius 2 is 1.46 bits per heavy atom. The largest absolute Gasteiger partial charge is 0.385 e. The maximum absolute atomic E-state index is 11.1. The van der Waals surface area contributed by atoms with Gasteiger partial charge in [-0.05, 0) is 36.2 Å². The maximum atomic E-state index is 11.1. The lowest BCUT2D eigenvalue weighted by Gasteiger charge is -2.27. The Bertz CT molecular complexity index is 847. The average Bonchev–Trinajstić information content (AvgIpc) is 3.06. The Hall–Kier alpha value is -2.39. The van der Waals surface area contributed by atoms with Crippen molar-refractivity contribution in [1.82, 2.24) is 4.67 Å². The molecular formula is C23H26N3OP. The SMILES string of the molecule is O[P@@]1N(c2ccccc2)CC(CCNc2ccccc2)N1Cc1ccccc1. The molecule has 1 unspecified atom stereocenters. The van der Waals surface area contributed by atoms with Crippen molar-refractivity contribution >= 4 is 19.8 Å². The monoisotopic (exact) mass is 391 g/mol. The van der Waals surface area contributed by atoms with E-state index in [1.165, 1.54) is 5.56 Å². The quantitative estimate of drug-likeness (QED) is 0.550. The van der Waals surface area contributed by atoms with E-state index in [4.69, 9.17) is 0 Å². The summed E-state index contributed by atoms with van der Waals surface area (Å²) in [7, 11) is -1.36. The third-order valence-corrected chi connectivity index (χ3v) is 6.83. The van der Waals surface area contributed by atoms with Crippen LogP contribution >= 0.6 is 8.45 Å². The lowest BCUT2D eigenvalue weighted by Crippen LogP contribution is -2.29. The number of nitrogens with zero attached hydrogens (tertiary/aromatic N) is 2. The summed E-state index contributed by atoms with van der Waals surface area (Å²) in [5.74, 6) is 0. The summed E-state index contributed by atoms with van der Waals surface area (Å²) >= 11 is 0. The Labute approximate surface area is 168 Å². The summed E-state index contributed by atoms with van der Waals surface area (Å²) in [5.41, 5.74) is 3.47. The van der Waals surface area contributed by atoms with E-state index in [0.717, 1.165) is 37.4 Å². The Morgan fingerprint density at radius 3 is 2.14 bits per heavy atom. The Morgan fingerprint density at radius 1 is 0.857 bits per heavy atom. The molecule has 28 heavy (non-hydrogen) atoms. The first-order valence-corrected chi connectivity index (χ1v) is 10.9. The van der Waals surface area contributed by atoms with Crippen molar-refractivity contribution in [1.29, 1.82) is 0 Å². The van der Waals surface area contributed by atoms with Crippen LogP contribution in [0.5, 0.6) is 0 Å². The van der Waals surface area contributed by atoms with Crippen molar-refractivity contribution in [3.8, 4) is 0 Å². The van der Waals surface area contributed by atoms with Gasteiger partial charge in [0.15, 0.2) is 0 Å². The fraction of sp³-hybridized carbons (Fsp3) is 0.217. The summed E-state index contributed by atoms with van der Waals surface area (Å²) in [4.78, 5) is 11.1. The highest BCUT2D eigenvalue weighted by Crippen LogP contribution is 2.51. The summed E-state index contributed by atoms with van der Waals surface area (Å²) in [6.45, 7) is 2.49. The molecule has 1 heterocycles. The van der Waals surface area contributed by atoms with Gasteiger partial charge in [0.2, 0.25) is 8.45 Å². The molecular weight excluding hydrogens is 365 g/mol. The molecule has 0 spiro atoms. The van der Waals surface area contributed by atoms with E-state index >= 15 is 0 Å². The Balaban J connectivity index is 1.47. The summed E-state index contributed by atoms with van der Waals surface area (Å²) in [6, 6.07) is 31.3. The van der Waals surface area contributed by atoms with Gasteiger partial charge in [0.05, 0.1) is 0 Å². The Kier molecular flexibility index (Phi) is 6.23. The summed E-state index contributed by atoms with van der Waals surface area (Å²) in [6.07, 6.45) is 0.977. The number of anilines is 2. The summed E-state index contributed by atoms with van der Waals surface area (Å²) in [5, 5.41) is 3.51. The van der Waals surface area contributed by atoms with Crippen LogP contribution in [0.3, 0.4) is 0 Å². The highest BCUT2D eigenvalue weighted by atomic mass is 31.2. The maximum Gasteiger partial charge on any atom is 0.215 e. The molecule has 2 N–H and O–H groups in total. The van der Waals surface area contributed by atoms with Crippen LogP contribution in [-0.4, -0.2) is 28.7 Å². The molecule has 0 aliphatic carbocycles. The highest BCUT2D eigenvalue weighted by molar-refractivity contribution is 7.51. The van der Waals surface area contributed by atoms with Gasteiger partial charge in [-0.25, -0.2) is 4.67 Å². The molecule has 0 saturated carbocycles. The number of benzene rings is 3. The molecule has 0 bridgehead atoms. The average molecular weight is 391 g/mol. The van der Waals surface area contributed by atoms with Crippen LogP contribution in [-0.2, 0) is 6.54 Å². The normalized spacial score (nSPS) is 19.7. The van der Waals surface area contributed by atoms with E-state index in [9.17, 15) is 4.89 Å². The van der Waals surface area contributed by atoms with Crippen molar-refractivity contribution in [2.45, 2.75) is 19.0 Å². The van der Waals surface area contributed by atoms with E-state index in [1.54, 1.807) is 0 Å². The van der Waals surface area contributed by atoms with Gasteiger partial charge in [-0.3, -0.25) is 0 Å². The minimum Gasteiger partial charge on any atom is -0.385 e. The van der Waals surface area contributed by atoms with Crippen LogP contribution < -0.4 is 9.99 Å². The zero-order valence-corrected chi connectivity index (χ0v) is 16.7. The number of rotatable bonds is 7. The van der Waals surface area contributed by atoms with Crippen LogP contribution in [0.15, 0.2) is 91.0 Å². The van der Waals surface area contributed by atoms with E-state index < -0.39 is 8.45 Å². The second kappa shape index (κ2) is 9.20. The number of hydrogen-bond acceptors (Lipinski definition) is 4. The molecule has 2 atom stereocenters. The van der Waals surface area contributed by atoms with Gasteiger partial charge >= 0.3 is 0 Å². The van der Waals surface area contributed by atoms with Crippen LogP contribution in [0, 0.1) is 0 Å². The zero-order valence-electron chi connectivity index (χ0n) is 15.9. The molecule has 0 aromatic heterocycles. The first-order valence-electron chi connectivity index (χ1n) is 9.72. The molecule has 0 amide bonds. The lowest BCUT2D eigenvalue weighted by molar-refractivity contribution is 0.334. The van der Waals surface area contributed by atoms with Crippen molar-refractivity contribution in [3.05, 3.63) is 96.6 Å². The molecule has 1 saturated heterocycles. The van der Waals surface area contributed by atoms with Crippen molar-refractivity contribution in [3.63, 3.8) is 0 Å². The first kappa shape index (κ1) is 18.9. The van der Waals surface area contributed by atoms with E-state index in [0.29, 0.717) is 6.04 Å². The van der Waals surface area contributed by atoms with Crippen molar-refractivity contribution < 1.29 is 4.89 Å². The van der Waals surface area contributed by atoms with Gasteiger partial charge in [-0.15, -0.1) is 0 Å². The van der Waals surface area contributed by atoms with Crippen LogP contribution in [0.4, 0.5) is 11.4 Å². The van der Waals surface area contributed by atoms with E-state index in [2.05, 4.69) is 63.2 Å². The minimum atomic E-state index is -1.36. The van der Waals surface area contributed by atoms with Gasteiger partial charge in [0.1, 0.15) is 0 Å². The molecule has 1 fully saturated rings. The molecule has 4 nitrogen and oxygen atoms in total. The van der Waals surface area contributed by atoms with Gasteiger partial charge < -0.3 is 14.9 Å². The molecule has 3 aromatic carbocycles. The molecule has 5 heteroatoms. The minimum absolute atomic E-state index is 0.299. The third kappa shape index (κ3) is 4.53. The predicted molar refractivity (Wildman–Crippen MR) is 118 cm³/mol. The highest BCUT2D eigenvalue weighted by Gasteiger charge is 2.39. The predicted octanol–water partition coefficient (Wildman–Crippen LogP) is 5.10. The van der Waals surface area contributed by atoms with Gasteiger partial charge in [0, 0.05) is 37.1 Å². The van der Waals surface area contributed by atoms with Gasteiger partial charge in [0.25, 0.3) is 0 Å². The lowest BCUT2D eigenvalue weighted by atomic mass is 10.1. The fourth-order valence-electron chi connectivity index (χ4n) is 3.60. The summed E-state index contributed by atoms with van der Waals surface area (Å²) < 4.78 is 4.43. The number of para-hydroxylation sites is 2. The van der Waals surface area contributed by atoms with Crippen molar-refractivity contribution in [2.75, 3.05) is 23.1 Å². The first-order chi connectivity index (χ1) is 13.8. The zero-order chi connectivity index (χ0) is 19.2.